The fourth-order valence-electron chi connectivity index (χ4n) is 1.04. The van der Waals surface area contributed by atoms with Crippen molar-refractivity contribution >= 4 is 0 Å². The van der Waals surface area contributed by atoms with Crippen LogP contribution in [0.4, 0.5) is 4.39 Å². The highest BCUT2D eigenvalue weighted by Crippen LogP contribution is 2.13. The smallest absolute Gasteiger partial charge is 0.137 e. The molecular formula is C10H15FN2O. The number of alkyl halides is 1. The lowest BCUT2D eigenvalue weighted by molar-refractivity contribution is 0.272. The van der Waals surface area contributed by atoms with Gasteiger partial charge in [0.15, 0.2) is 0 Å². The molecule has 1 aromatic rings. The van der Waals surface area contributed by atoms with Crippen LogP contribution in [-0.4, -0.2) is 25.3 Å². The molecule has 0 fully saturated rings. The quantitative estimate of drug-likeness (QED) is 0.782. The molecule has 0 spiro atoms. The van der Waals surface area contributed by atoms with Gasteiger partial charge in [0.25, 0.3) is 0 Å². The summed E-state index contributed by atoms with van der Waals surface area (Å²) in [6.07, 6.45) is 1.61. The zero-order chi connectivity index (χ0) is 10.4. The zero-order valence-electron chi connectivity index (χ0n) is 8.46. The summed E-state index contributed by atoms with van der Waals surface area (Å²) in [7, 11) is 1.87. The monoisotopic (exact) mass is 198 g/mol. The molecule has 4 heteroatoms. The van der Waals surface area contributed by atoms with Gasteiger partial charge in [0.1, 0.15) is 19.0 Å². The van der Waals surface area contributed by atoms with Crippen molar-refractivity contribution < 1.29 is 9.13 Å². The average molecular weight is 198 g/mol. The first-order valence-electron chi connectivity index (χ1n) is 4.60. The highest BCUT2D eigenvalue weighted by atomic mass is 19.1. The van der Waals surface area contributed by atoms with Gasteiger partial charge in [-0.25, -0.2) is 4.39 Å². The Morgan fingerprint density at radius 3 is 2.86 bits per heavy atom. The number of nitrogens with zero attached hydrogens (tertiary/aromatic N) is 1. The first-order chi connectivity index (χ1) is 6.77. The van der Waals surface area contributed by atoms with Crippen LogP contribution in [0.2, 0.25) is 0 Å². The predicted molar refractivity (Wildman–Crippen MR) is 53.2 cm³/mol. The summed E-state index contributed by atoms with van der Waals surface area (Å²) in [4.78, 5) is 4.19. The Kier molecular flexibility index (Phi) is 4.32. The number of pyridine rings is 1. The molecule has 1 unspecified atom stereocenters. The van der Waals surface area contributed by atoms with Crippen molar-refractivity contribution in [1.29, 1.82) is 0 Å². The Hall–Kier alpha value is -1.16. The van der Waals surface area contributed by atoms with Crippen LogP contribution in [0.15, 0.2) is 18.3 Å². The van der Waals surface area contributed by atoms with Gasteiger partial charge in [0, 0.05) is 6.04 Å². The van der Waals surface area contributed by atoms with E-state index < -0.39 is 6.67 Å². The molecule has 0 aliphatic carbocycles. The largest absolute Gasteiger partial charge is 0.489 e. The summed E-state index contributed by atoms with van der Waals surface area (Å²) in [5.74, 6) is 0.606. The lowest BCUT2D eigenvalue weighted by Gasteiger charge is -2.09. The van der Waals surface area contributed by atoms with Crippen LogP contribution in [0.1, 0.15) is 18.7 Å². The molecule has 1 atom stereocenters. The van der Waals surface area contributed by atoms with E-state index in [1.165, 1.54) is 0 Å². The van der Waals surface area contributed by atoms with E-state index >= 15 is 0 Å². The molecule has 0 aliphatic heterocycles. The Morgan fingerprint density at radius 2 is 2.36 bits per heavy atom. The number of rotatable bonds is 5. The number of hydrogen-bond donors (Lipinski definition) is 1. The highest BCUT2D eigenvalue weighted by molar-refractivity contribution is 5.21. The van der Waals surface area contributed by atoms with Crippen LogP contribution in [0.5, 0.6) is 5.75 Å². The van der Waals surface area contributed by atoms with Gasteiger partial charge in [-0.15, -0.1) is 0 Å². The minimum absolute atomic E-state index is 0.0859. The fourth-order valence-corrected chi connectivity index (χ4v) is 1.04. The maximum atomic E-state index is 11.8. The van der Waals surface area contributed by atoms with Crippen molar-refractivity contribution in [3.05, 3.63) is 24.0 Å². The normalized spacial score (nSPS) is 12.5. The number of nitrogens with one attached hydrogen (secondary N) is 1. The van der Waals surface area contributed by atoms with Gasteiger partial charge in [-0.3, -0.25) is 4.98 Å². The molecule has 14 heavy (non-hydrogen) atoms. The van der Waals surface area contributed by atoms with Crippen LogP contribution in [-0.2, 0) is 0 Å². The van der Waals surface area contributed by atoms with Gasteiger partial charge in [0.05, 0.1) is 11.9 Å². The van der Waals surface area contributed by atoms with Crippen molar-refractivity contribution in [2.75, 3.05) is 20.3 Å². The van der Waals surface area contributed by atoms with Crippen molar-refractivity contribution in [2.24, 2.45) is 0 Å². The standard InChI is InChI=1S/C10H15FN2O/c1-8(12-2)10-4-3-9(7-13-10)14-6-5-11/h3-4,7-8,12H,5-6H2,1-2H3. The lowest BCUT2D eigenvalue weighted by atomic mass is 10.2. The van der Waals surface area contributed by atoms with E-state index in [-0.39, 0.29) is 12.6 Å². The third kappa shape index (κ3) is 2.96. The van der Waals surface area contributed by atoms with E-state index in [0.29, 0.717) is 5.75 Å². The van der Waals surface area contributed by atoms with Crippen molar-refractivity contribution in [2.45, 2.75) is 13.0 Å². The first kappa shape index (κ1) is 10.9. The SMILES string of the molecule is CNC(C)c1ccc(OCCF)cn1. The molecule has 3 nitrogen and oxygen atoms in total. The summed E-state index contributed by atoms with van der Waals surface area (Å²) in [5.41, 5.74) is 0.945. The van der Waals surface area contributed by atoms with Crippen LogP contribution in [0, 0.1) is 0 Å². The Balaban J connectivity index is 2.59. The molecule has 78 valence electrons. The average Bonchev–Trinajstić information content (AvgIpc) is 2.26. The molecular weight excluding hydrogens is 183 g/mol. The third-order valence-corrected chi connectivity index (χ3v) is 1.98. The van der Waals surface area contributed by atoms with Crippen LogP contribution >= 0.6 is 0 Å². The van der Waals surface area contributed by atoms with Crippen LogP contribution in [0.25, 0.3) is 0 Å². The summed E-state index contributed by atoms with van der Waals surface area (Å²) in [6.45, 7) is 1.63. The van der Waals surface area contributed by atoms with Gasteiger partial charge >= 0.3 is 0 Å². The van der Waals surface area contributed by atoms with Crippen molar-refractivity contribution in [3.8, 4) is 5.75 Å². The molecule has 0 amide bonds. The second-order valence-corrected chi connectivity index (χ2v) is 2.97. The molecule has 0 aromatic carbocycles. The van der Waals surface area contributed by atoms with Crippen molar-refractivity contribution in [3.63, 3.8) is 0 Å². The molecule has 0 saturated heterocycles. The van der Waals surface area contributed by atoms with E-state index in [9.17, 15) is 4.39 Å². The summed E-state index contributed by atoms with van der Waals surface area (Å²) in [5, 5.41) is 3.08. The Bertz CT molecular complexity index is 263. The molecule has 1 heterocycles. The highest BCUT2D eigenvalue weighted by Gasteiger charge is 2.03. The van der Waals surface area contributed by atoms with Gasteiger partial charge in [-0.2, -0.15) is 0 Å². The molecule has 1 aromatic heterocycles. The molecule has 0 saturated carbocycles. The van der Waals surface area contributed by atoms with Crippen LogP contribution in [0.3, 0.4) is 0 Å². The Labute approximate surface area is 83.3 Å². The van der Waals surface area contributed by atoms with E-state index in [2.05, 4.69) is 10.3 Å². The topological polar surface area (TPSA) is 34.1 Å². The van der Waals surface area contributed by atoms with Gasteiger partial charge in [0.2, 0.25) is 0 Å². The Morgan fingerprint density at radius 1 is 1.57 bits per heavy atom. The number of hydrogen-bond acceptors (Lipinski definition) is 3. The van der Waals surface area contributed by atoms with E-state index in [1.807, 2.05) is 20.0 Å². The number of halogens is 1. The van der Waals surface area contributed by atoms with E-state index in [4.69, 9.17) is 4.74 Å². The van der Waals surface area contributed by atoms with Gasteiger partial charge in [-0.1, -0.05) is 0 Å². The molecule has 0 bridgehead atoms. The third-order valence-electron chi connectivity index (χ3n) is 1.98. The number of ether oxygens (including phenoxy) is 1. The van der Waals surface area contributed by atoms with Crippen molar-refractivity contribution in [1.82, 2.24) is 10.3 Å². The first-order valence-corrected chi connectivity index (χ1v) is 4.60. The maximum Gasteiger partial charge on any atom is 0.137 e. The molecule has 1 rings (SSSR count). The minimum atomic E-state index is -0.478. The van der Waals surface area contributed by atoms with Gasteiger partial charge in [-0.05, 0) is 26.1 Å². The molecule has 0 radical (unpaired) electrons. The minimum Gasteiger partial charge on any atom is -0.489 e. The van der Waals surface area contributed by atoms with Crippen LogP contribution < -0.4 is 10.1 Å². The van der Waals surface area contributed by atoms with E-state index in [0.717, 1.165) is 5.69 Å². The second-order valence-electron chi connectivity index (χ2n) is 2.97. The summed E-state index contributed by atoms with van der Waals surface area (Å²) in [6, 6.07) is 3.88. The summed E-state index contributed by atoms with van der Waals surface area (Å²) < 4.78 is 16.9. The fraction of sp³-hybridized carbons (Fsp3) is 0.500. The summed E-state index contributed by atoms with van der Waals surface area (Å²) >= 11 is 0. The number of aromatic nitrogens is 1. The predicted octanol–water partition coefficient (Wildman–Crippen LogP) is 1.71. The zero-order valence-corrected chi connectivity index (χ0v) is 8.46. The molecule has 1 N–H and O–H groups in total. The lowest BCUT2D eigenvalue weighted by Crippen LogP contribution is -2.13. The van der Waals surface area contributed by atoms with E-state index in [1.54, 1.807) is 12.3 Å². The maximum absolute atomic E-state index is 11.8. The second kappa shape index (κ2) is 5.54. The van der Waals surface area contributed by atoms with Gasteiger partial charge < -0.3 is 10.1 Å². The molecule has 0 aliphatic rings.